The van der Waals surface area contributed by atoms with E-state index in [1.807, 2.05) is 18.2 Å². The summed E-state index contributed by atoms with van der Waals surface area (Å²) in [6.07, 6.45) is 14.0. The molecule has 0 saturated carbocycles. The molecule has 0 heterocycles. The van der Waals surface area contributed by atoms with Crippen molar-refractivity contribution in [3.05, 3.63) is 60.2 Å². The minimum absolute atomic E-state index is 0.314. The molecule has 153 valence electrons. The molecule has 0 aliphatic carbocycles. The van der Waals surface area contributed by atoms with Crippen LogP contribution in [-0.4, -0.2) is 8.42 Å². The highest BCUT2D eigenvalue weighted by atomic mass is 32.2. The summed E-state index contributed by atoms with van der Waals surface area (Å²) in [5.41, 5.74) is 1.54. The van der Waals surface area contributed by atoms with Gasteiger partial charge in [-0.15, -0.1) is 0 Å². The maximum Gasteiger partial charge on any atom is 0.261 e. The van der Waals surface area contributed by atoms with E-state index < -0.39 is 10.0 Å². The van der Waals surface area contributed by atoms with Crippen LogP contribution in [0.5, 0.6) is 0 Å². The van der Waals surface area contributed by atoms with Crippen LogP contribution in [0.3, 0.4) is 0 Å². The van der Waals surface area contributed by atoms with Crippen molar-refractivity contribution >= 4 is 15.7 Å². The quantitative estimate of drug-likeness (QED) is 0.356. The number of sulfonamides is 1. The maximum absolute atomic E-state index is 12.6. The van der Waals surface area contributed by atoms with Gasteiger partial charge < -0.3 is 0 Å². The van der Waals surface area contributed by atoms with Gasteiger partial charge in [0, 0.05) is 6.07 Å². The number of hydrogen-bond acceptors (Lipinski definition) is 2. The van der Waals surface area contributed by atoms with Gasteiger partial charge in [-0.3, -0.25) is 4.72 Å². The first-order chi connectivity index (χ1) is 13.6. The van der Waals surface area contributed by atoms with Crippen LogP contribution >= 0.6 is 0 Å². The van der Waals surface area contributed by atoms with Crippen molar-refractivity contribution in [3.63, 3.8) is 0 Å². The number of rotatable bonds is 14. The molecule has 0 atom stereocenters. The van der Waals surface area contributed by atoms with Crippen LogP contribution in [0.25, 0.3) is 0 Å². The Balaban J connectivity index is 1.71. The molecule has 0 bridgehead atoms. The summed E-state index contributed by atoms with van der Waals surface area (Å²) >= 11 is 0. The van der Waals surface area contributed by atoms with Gasteiger partial charge in [-0.25, -0.2) is 8.42 Å². The molecule has 0 spiro atoms. The number of benzene rings is 2. The van der Waals surface area contributed by atoms with Gasteiger partial charge in [-0.05, 0) is 36.6 Å². The summed E-state index contributed by atoms with van der Waals surface area (Å²) in [4.78, 5) is 0.314. The van der Waals surface area contributed by atoms with Crippen LogP contribution in [0, 0.1) is 6.07 Å². The smallest absolute Gasteiger partial charge is 0.261 e. The van der Waals surface area contributed by atoms with Gasteiger partial charge in [0.1, 0.15) is 0 Å². The lowest BCUT2D eigenvalue weighted by Crippen LogP contribution is -2.13. The van der Waals surface area contributed by atoms with Crippen LogP contribution in [0.15, 0.2) is 53.4 Å². The summed E-state index contributed by atoms with van der Waals surface area (Å²) < 4.78 is 27.7. The molecule has 2 rings (SSSR count). The second-order valence-corrected chi connectivity index (χ2v) is 9.14. The Morgan fingerprint density at radius 3 is 2.14 bits per heavy atom. The van der Waals surface area contributed by atoms with Gasteiger partial charge in [0.2, 0.25) is 0 Å². The first-order valence-corrected chi connectivity index (χ1v) is 12.2. The Bertz CT molecular complexity index is 772. The Morgan fingerprint density at radius 2 is 1.50 bits per heavy atom. The van der Waals surface area contributed by atoms with E-state index >= 15 is 0 Å². The lowest BCUT2D eigenvalue weighted by molar-refractivity contribution is 0.556. The number of anilines is 1. The summed E-state index contributed by atoms with van der Waals surface area (Å²) in [6.45, 7) is 2.25. The van der Waals surface area contributed by atoms with E-state index in [4.69, 9.17) is 0 Å². The highest BCUT2D eigenvalue weighted by molar-refractivity contribution is 7.92. The normalized spacial score (nSPS) is 11.5. The average molecular weight is 401 g/mol. The van der Waals surface area contributed by atoms with Crippen molar-refractivity contribution in [2.45, 2.75) is 82.4 Å². The van der Waals surface area contributed by atoms with Gasteiger partial charge in [-0.2, -0.15) is 0 Å². The second kappa shape index (κ2) is 12.6. The standard InChI is InChI=1S/C24H34NO2S/c1-2-3-4-5-6-7-8-9-10-12-16-22-17-15-20-24(21-22)28(26,27)25-23-18-13-11-14-19-23/h11,13-15,17-18,20-21,25H,2-10,12,16H2,1H3. The van der Waals surface area contributed by atoms with Crippen molar-refractivity contribution in [3.8, 4) is 0 Å². The predicted molar refractivity (Wildman–Crippen MR) is 118 cm³/mol. The minimum Gasteiger partial charge on any atom is -0.279 e. The van der Waals surface area contributed by atoms with E-state index in [-0.39, 0.29) is 0 Å². The minimum atomic E-state index is -3.57. The molecule has 0 amide bonds. The monoisotopic (exact) mass is 400 g/mol. The molecule has 2 aromatic carbocycles. The van der Waals surface area contributed by atoms with Gasteiger partial charge in [0.05, 0.1) is 10.6 Å². The Hall–Kier alpha value is -1.81. The zero-order valence-corrected chi connectivity index (χ0v) is 17.9. The third-order valence-electron chi connectivity index (χ3n) is 4.98. The van der Waals surface area contributed by atoms with Crippen molar-refractivity contribution in [2.24, 2.45) is 0 Å². The van der Waals surface area contributed by atoms with Gasteiger partial charge in [-0.1, -0.05) is 95.0 Å². The van der Waals surface area contributed by atoms with Gasteiger partial charge in [0.25, 0.3) is 10.0 Å². The van der Waals surface area contributed by atoms with E-state index in [1.54, 1.807) is 30.3 Å². The average Bonchev–Trinajstić information content (AvgIpc) is 2.70. The molecule has 28 heavy (non-hydrogen) atoms. The van der Waals surface area contributed by atoms with Crippen LogP contribution in [0.1, 0.15) is 76.7 Å². The zero-order valence-electron chi connectivity index (χ0n) is 17.1. The van der Waals surface area contributed by atoms with Crippen molar-refractivity contribution in [2.75, 3.05) is 4.72 Å². The molecule has 0 fully saturated rings. The number of hydrogen-bond donors (Lipinski definition) is 1. The Kier molecular flexibility index (Phi) is 10.1. The third kappa shape index (κ3) is 8.47. The summed E-state index contributed by atoms with van der Waals surface area (Å²) in [5, 5.41) is 0. The fourth-order valence-corrected chi connectivity index (χ4v) is 4.44. The SMILES string of the molecule is CCCCCCCCCCCCc1cccc(S(=O)(=O)Nc2[c]cccc2)c1. The van der Waals surface area contributed by atoms with E-state index in [1.165, 1.54) is 57.8 Å². The number of unbranched alkanes of at least 4 members (excludes halogenated alkanes) is 9. The predicted octanol–water partition coefficient (Wildman–Crippen LogP) is 6.75. The summed E-state index contributed by atoms with van der Waals surface area (Å²) in [7, 11) is -3.57. The van der Waals surface area contributed by atoms with Crippen LogP contribution in [-0.2, 0) is 16.4 Å². The molecule has 3 nitrogen and oxygen atoms in total. The largest absolute Gasteiger partial charge is 0.279 e. The molecular formula is C24H34NO2S. The lowest BCUT2D eigenvalue weighted by Gasteiger charge is -2.09. The molecule has 0 aliphatic heterocycles. The third-order valence-corrected chi connectivity index (χ3v) is 6.34. The summed E-state index contributed by atoms with van der Waals surface area (Å²) in [5.74, 6) is 0. The Morgan fingerprint density at radius 1 is 0.821 bits per heavy atom. The van der Waals surface area contributed by atoms with Crippen LogP contribution in [0.2, 0.25) is 0 Å². The lowest BCUT2D eigenvalue weighted by atomic mass is 10.0. The van der Waals surface area contributed by atoms with Crippen LogP contribution < -0.4 is 4.72 Å². The molecule has 1 radical (unpaired) electrons. The van der Waals surface area contributed by atoms with Gasteiger partial charge in [0.15, 0.2) is 0 Å². The summed E-state index contributed by atoms with van der Waals surface area (Å²) in [6, 6.07) is 17.2. The highest BCUT2D eigenvalue weighted by Crippen LogP contribution is 2.18. The van der Waals surface area contributed by atoms with Gasteiger partial charge >= 0.3 is 0 Å². The second-order valence-electron chi connectivity index (χ2n) is 7.46. The zero-order chi connectivity index (χ0) is 20.1. The topological polar surface area (TPSA) is 46.2 Å². The fourth-order valence-electron chi connectivity index (χ4n) is 3.35. The molecule has 2 aromatic rings. The van der Waals surface area contributed by atoms with Crippen molar-refractivity contribution < 1.29 is 8.42 Å². The first kappa shape index (κ1) is 22.5. The Labute approximate surface area is 171 Å². The van der Waals surface area contributed by atoms with Crippen LogP contribution in [0.4, 0.5) is 5.69 Å². The van der Waals surface area contributed by atoms with Crippen molar-refractivity contribution in [1.82, 2.24) is 0 Å². The van der Waals surface area contributed by atoms with Crippen molar-refractivity contribution in [1.29, 1.82) is 0 Å². The number of nitrogens with one attached hydrogen (secondary N) is 1. The molecule has 0 aliphatic rings. The molecule has 0 unspecified atom stereocenters. The number of para-hydroxylation sites is 1. The van der Waals surface area contributed by atoms with E-state index in [0.29, 0.717) is 10.6 Å². The molecule has 0 saturated heterocycles. The van der Waals surface area contributed by atoms with E-state index in [9.17, 15) is 8.42 Å². The maximum atomic E-state index is 12.6. The highest BCUT2D eigenvalue weighted by Gasteiger charge is 2.14. The number of aryl methyl sites for hydroxylation is 1. The molecule has 1 N–H and O–H groups in total. The molecule has 0 aromatic heterocycles. The van der Waals surface area contributed by atoms with E-state index in [0.717, 1.165) is 18.4 Å². The first-order valence-electron chi connectivity index (χ1n) is 10.7. The fraction of sp³-hybridized carbons (Fsp3) is 0.500. The molecule has 4 heteroatoms. The van der Waals surface area contributed by atoms with E-state index in [2.05, 4.69) is 17.7 Å². The molecular weight excluding hydrogens is 366 g/mol.